The molecule has 0 amide bonds. The zero-order valence-electron chi connectivity index (χ0n) is 12.3. The van der Waals surface area contributed by atoms with Crippen LogP contribution in [-0.4, -0.2) is 16.9 Å². The van der Waals surface area contributed by atoms with Crippen LogP contribution in [0.2, 0.25) is 0 Å². The van der Waals surface area contributed by atoms with Gasteiger partial charge in [0.25, 0.3) is 0 Å². The van der Waals surface area contributed by atoms with Gasteiger partial charge in [0.2, 0.25) is 0 Å². The van der Waals surface area contributed by atoms with Gasteiger partial charge in [-0.2, -0.15) is 5.10 Å². The van der Waals surface area contributed by atoms with Crippen molar-refractivity contribution in [2.45, 2.75) is 53.1 Å². The molecule has 0 aliphatic heterocycles. The topological polar surface area (TPSA) is 65.1 Å². The number of nitrogens with zero attached hydrogens (tertiary/aromatic N) is 2. The van der Waals surface area contributed by atoms with Crippen molar-refractivity contribution in [3.63, 3.8) is 0 Å². The number of nitrogens with two attached hydrogens (primary N) is 1. The number of methoxy groups -OCH3 is 1. The van der Waals surface area contributed by atoms with E-state index < -0.39 is 0 Å². The molecule has 1 unspecified atom stereocenters. The van der Waals surface area contributed by atoms with Gasteiger partial charge in [-0.05, 0) is 25.7 Å². The minimum absolute atomic E-state index is 0.00218. The molecule has 5 heteroatoms. The summed E-state index contributed by atoms with van der Waals surface area (Å²) in [6.45, 7) is 10.7. The van der Waals surface area contributed by atoms with Crippen LogP contribution in [0.15, 0.2) is 6.20 Å². The maximum Gasteiger partial charge on any atom is 0.161 e. The van der Waals surface area contributed by atoms with Crippen LogP contribution < -0.4 is 16.0 Å². The first-order valence-corrected chi connectivity index (χ1v) is 6.46. The summed E-state index contributed by atoms with van der Waals surface area (Å²) in [6, 6.07) is 0.273. The third-order valence-corrected chi connectivity index (χ3v) is 3.64. The summed E-state index contributed by atoms with van der Waals surface area (Å²) in [5.41, 5.74) is 3.96. The van der Waals surface area contributed by atoms with E-state index in [1.807, 2.05) is 4.68 Å². The van der Waals surface area contributed by atoms with Gasteiger partial charge in [0.15, 0.2) is 5.75 Å². The standard InChI is InChI=1S/C13H26N4O/c1-7-13(4,5)12(16-14)11-10(18-6)8-15-17(11)9(2)3/h8-9,12,16H,7,14H2,1-6H3. The number of aromatic nitrogens is 2. The molecule has 0 bridgehead atoms. The molecule has 3 N–H and O–H groups in total. The fourth-order valence-electron chi connectivity index (χ4n) is 2.08. The zero-order valence-corrected chi connectivity index (χ0v) is 12.3. The number of hydrogen-bond donors (Lipinski definition) is 2. The maximum atomic E-state index is 5.77. The molecule has 1 aromatic heterocycles. The van der Waals surface area contributed by atoms with Gasteiger partial charge < -0.3 is 4.74 Å². The van der Waals surface area contributed by atoms with E-state index in [0.29, 0.717) is 0 Å². The largest absolute Gasteiger partial charge is 0.493 e. The number of hydrogen-bond acceptors (Lipinski definition) is 4. The van der Waals surface area contributed by atoms with Gasteiger partial charge in [0.05, 0.1) is 25.0 Å². The molecule has 18 heavy (non-hydrogen) atoms. The maximum absolute atomic E-state index is 5.77. The molecular formula is C13H26N4O. The molecule has 0 aromatic carbocycles. The highest BCUT2D eigenvalue weighted by molar-refractivity contribution is 5.30. The number of rotatable bonds is 6. The Bertz CT molecular complexity index is 384. The number of ether oxygens (including phenoxy) is 1. The first-order chi connectivity index (χ1) is 8.38. The van der Waals surface area contributed by atoms with Gasteiger partial charge in [0, 0.05) is 6.04 Å². The van der Waals surface area contributed by atoms with Crippen LogP contribution in [0.4, 0.5) is 0 Å². The second-order valence-electron chi connectivity index (χ2n) is 5.58. The molecule has 0 radical (unpaired) electrons. The Hall–Kier alpha value is -1.07. The number of nitrogens with one attached hydrogen (secondary N) is 1. The molecular weight excluding hydrogens is 228 g/mol. The third kappa shape index (κ3) is 2.67. The van der Waals surface area contributed by atoms with E-state index in [0.717, 1.165) is 17.9 Å². The van der Waals surface area contributed by atoms with Gasteiger partial charge in [0.1, 0.15) is 0 Å². The average Bonchev–Trinajstić information content (AvgIpc) is 2.73. The van der Waals surface area contributed by atoms with E-state index in [2.05, 4.69) is 45.1 Å². The predicted molar refractivity (Wildman–Crippen MR) is 73.3 cm³/mol. The van der Waals surface area contributed by atoms with Crippen LogP contribution in [0, 0.1) is 5.41 Å². The van der Waals surface area contributed by atoms with Gasteiger partial charge in [-0.1, -0.05) is 20.8 Å². The van der Waals surface area contributed by atoms with Crippen LogP contribution in [0.5, 0.6) is 5.75 Å². The molecule has 1 heterocycles. The Morgan fingerprint density at radius 1 is 1.50 bits per heavy atom. The molecule has 0 aliphatic carbocycles. The van der Waals surface area contributed by atoms with E-state index in [4.69, 9.17) is 10.6 Å². The highest BCUT2D eigenvalue weighted by atomic mass is 16.5. The molecule has 104 valence electrons. The minimum atomic E-state index is 0.00218. The fraction of sp³-hybridized carbons (Fsp3) is 0.769. The summed E-state index contributed by atoms with van der Waals surface area (Å²) in [5, 5.41) is 4.40. The van der Waals surface area contributed by atoms with Gasteiger partial charge in [-0.15, -0.1) is 0 Å². The molecule has 0 saturated heterocycles. The Balaban J connectivity index is 3.31. The highest BCUT2D eigenvalue weighted by Crippen LogP contribution is 2.40. The van der Waals surface area contributed by atoms with Crippen LogP contribution >= 0.6 is 0 Å². The monoisotopic (exact) mass is 254 g/mol. The summed E-state index contributed by atoms with van der Waals surface area (Å²) < 4.78 is 7.39. The third-order valence-electron chi connectivity index (χ3n) is 3.64. The molecule has 0 saturated carbocycles. The smallest absolute Gasteiger partial charge is 0.161 e. The Labute approximate surface area is 110 Å². The van der Waals surface area contributed by atoms with Crippen molar-refractivity contribution in [1.29, 1.82) is 0 Å². The van der Waals surface area contributed by atoms with Crippen molar-refractivity contribution in [3.8, 4) is 5.75 Å². The first-order valence-electron chi connectivity index (χ1n) is 6.46. The normalized spacial score (nSPS) is 14.0. The zero-order chi connectivity index (χ0) is 13.9. The van der Waals surface area contributed by atoms with Gasteiger partial charge in [-0.3, -0.25) is 16.0 Å². The molecule has 0 spiro atoms. The summed E-state index contributed by atoms with van der Waals surface area (Å²) in [5.74, 6) is 6.56. The lowest BCUT2D eigenvalue weighted by Crippen LogP contribution is -2.39. The molecule has 0 fully saturated rings. The summed E-state index contributed by atoms with van der Waals surface area (Å²) in [6.07, 6.45) is 2.76. The lowest BCUT2D eigenvalue weighted by Gasteiger charge is -2.34. The lowest BCUT2D eigenvalue weighted by atomic mass is 9.80. The molecule has 1 atom stereocenters. The van der Waals surface area contributed by atoms with Gasteiger partial charge in [-0.25, -0.2) is 0 Å². The second-order valence-corrected chi connectivity index (χ2v) is 5.58. The summed E-state index contributed by atoms with van der Waals surface area (Å²) in [4.78, 5) is 0. The Morgan fingerprint density at radius 3 is 2.50 bits per heavy atom. The van der Waals surface area contributed by atoms with E-state index in [-0.39, 0.29) is 17.5 Å². The van der Waals surface area contributed by atoms with Crippen LogP contribution in [-0.2, 0) is 0 Å². The van der Waals surface area contributed by atoms with Crippen molar-refractivity contribution in [3.05, 3.63) is 11.9 Å². The molecule has 1 rings (SSSR count). The quantitative estimate of drug-likeness (QED) is 0.604. The average molecular weight is 254 g/mol. The molecule has 5 nitrogen and oxygen atoms in total. The van der Waals surface area contributed by atoms with E-state index >= 15 is 0 Å². The van der Waals surface area contributed by atoms with Crippen molar-refractivity contribution >= 4 is 0 Å². The Morgan fingerprint density at radius 2 is 2.11 bits per heavy atom. The minimum Gasteiger partial charge on any atom is -0.493 e. The van der Waals surface area contributed by atoms with E-state index in [1.165, 1.54) is 0 Å². The highest BCUT2D eigenvalue weighted by Gasteiger charge is 2.34. The SMILES string of the molecule is CCC(C)(C)C(NN)c1c(OC)cnn1C(C)C. The van der Waals surface area contributed by atoms with Crippen molar-refractivity contribution in [1.82, 2.24) is 15.2 Å². The second kappa shape index (κ2) is 5.71. The number of hydrazine groups is 1. The van der Waals surface area contributed by atoms with E-state index in [1.54, 1.807) is 13.3 Å². The van der Waals surface area contributed by atoms with Crippen LogP contribution in [0.25, 0.3) is 0 Å². The van der Waals surface area contributed by atoms with Crippen molar-refractivity contribution in [2.24, 2.45) is 11.3 Å². The van der Waals surface area contributed by atoms with Gasteiger partial charge >= 0.3 is 0 Å². The van der Waals surface area contributed by atoms with Crippen molar-refractivity contribution in [2.75, 3.05) is 7.11 Å². The lowest BCUT2D eigenvalue weighted by molar-refractivity contribution is 0.216. The summed E-state index contributed by atoms with van der Waals surface area (Å²) in [7, 11) is 1.66. The summed E-state index contributed by atoms with van der Waals surface area (Å²) >= 11 is 0. The van der Waals surface area contributed by atoms with Crippen molar-refractivity contribution < 1.29 is 4.74 Å². The predicted octanol–water partition coefficient (Wildman–Crippen LogP) is 2.41. The molecule has 1 aromatic rings. The van der Waals surface area contributed by atoms with Crippen LogP contribution in [0.1, 0.15) is 58.8 Å². The fourth-order valence-corrected chi connectivity index (χ4v) is 2.08. The first kappa shape index (κ1) is 15.0. The van der Waals surface area contributed by atoms with E-state index in [9.17, 15) is 0 Å². The Kier molecular flexibility index (Phi) is 4.76. The molecule has 0 aliphatic rings. The van der Waals surface area contributed by atoms with Crippen LogP contribution in [0.3, 0.4) is 0 Å².